The molecule has 1 aromatic heterocycles. The van der Waals surface area contributed by atoms with E-state index in [-0.39, 0.29) is 24.8 Å². The molecule has 0 aliphatic carbocycles. The molecule has 0 saturated carbocycles. The number of benzene rings is 2. The molecule has 3 aromatic rings. The van der Waals surface area contributed by atoms with E-state index in [2.05, 4.69) is 15.2 Å². The highest BCUT2D eigenvalue weighted by Gasteiger charge is 2.38. The summed E-state index contributed by atoms with van der Waals surface area (Å²) >= 11 is 0. The molecule has 0 unspecified atom stereocenters. The lowest BCUT2D eigenvalue weighted by molar-refractivity contribution is -0.143. The minimum absolute atomic E-state index is 0.121. The van der Waals surface area contributed by atoms with E-state index in [0.717, 1.165) is 5.56 Å². The Kier molecular flexibility index (Phi) is 6.57. The van der Waals surface area contributed by atoms with Crippen molar-refractivity contribution in [2.45, 2.75) is 37.2 Å². The number of piperidine rings is 1. The molecule has 0 spiro atoms. The molecule has 0 bridgehead atoms. The third-order valence-electron chi connectivity index (χ3n) is 6.11. The molecule has 1 aliphatic rings. The summed E-state index contributed by atoms with van der Waals surface area (Å²) in [4.78, 5) is 0. The zero-order chi connectivity index (χ0) is 24.4. The van der Waals surface area contributed by atoms with Crippen LogP contribution in [0.3, 0.4) is 0 Å². The van der Waals surface area contributed by atoms with Crippen LogP contribution in [0.15, 0.2) is 61.2 Å². The first-order valence-electron chi connectivity index (χ1n) is 10.6. The Morgan fingerprint density at radius 3 is 1.91 bits per heavy atom. The number of hydrogen-bond donors (Lipinski definition) is 0. The van der Waals surface area contributed by atoms with Gasteiger partial charge in [-0.3, -0.25) is 0 Å². The van der Waals surface area contributed by atoms with Gasteiger partial charge in [0.15, 0.2) is 0 Å². The number of hydrogen-bond acceptors (Lipinski definition) is 4. The summed E-state index contributed by atoms with van der Waals surface area (Å²) in [5, 5.41) is 9.68. The first kappa shape index (κ1) is 24.1. The van der Waals surface area contributed by atoms with E-state index in [1.54, 1.807) is 17.3 Å². The molecule has 34 heavy (non-hydrogen) atoms. The third kappa shape index (κ3) is 5.35. The lowest BCUT2D eigenvalue weighted by Gasteiger charge is -2.42. The van der Waals surface area contributed by atoms with E-state index in [0.29, 0.717) is 38.1 Å². The van der Waals surface area contributed by atoms with Crippen molar-refractivity contribution < 1.29 is 31.1 Å². The Hall–Kier alpha value is -3.08. The average Bonchev–Trinajstić information content (AvgIpc) is 3.34. The van der Waals surface area contributed by atoms with Gasteiger partial charge in [0, 0.05) is 18.5 Å². The van der Waals surface area contributed by atoms with Crippen LogP contribution in [0.25, 0.3) is 0 Å². The Balaban J connectivity index is 1.52. The second-order valence-corrected chi connectivity index (χ2v) is 8.35. The smallest absolute Gasteiger partial charge is 0.376 e. The summed E-state index contributed by atoms with van der Waals surface area (Å²) in [6, 6.07) is 11.1. The SMILES string of the molecule is FC(F)(F)c1cc(COCC2(c3ccccc3)CCN(n3cnnc3)CC2)cc(C(F)(F)F)c1. The zero-order valence-corrected chi connectivity index (χ0v) is 18.0. The Bertz CT molecular complexity index is 1040. The van der Waals surface area contributed by atoms with E-state index in [9.17, 15) is 26.3 Å². The van der Waals surface area contributed by atoms with Gasteiger partial charge in [0.05, 0.1) is 24.3 Å². The standard InChI is InChI=1S/C23H22F6N4O/c24-22(25,26)19-10-17(11-20(12-19)23(27,28)29)13-34-14-21(18-4-2-1-3-5-18)6-8-32(9-7-21)33-15-30-31-16-33/h1-5,10-12,15-16H,6-9,13-14H2. The summed E-state index contributed by atoms with van der Waals surface area (Å²) in [5.41, 5.74) is -2.28. The second-order valence-electron chi connectivity index (χ2n) is 8.35. The Morgan fingerprint density at radius 2 is 1.38 bits per heavy atom. The molecule has 182 valence electrons. The fraction of sp³-hybridized carbons (Fsp3) is 0.391. The first-order chi connectivity index (χ1) is 16.1. The van der Waals surface area contributed by atoms with Crippen LogP contribution in [0.2, 0.25) is 0 Å². The minimum atomic E-state index is -4.89. The van der Waals surface area contributed by atoms with Crippen molar-refractivity contribution >= 4 is 0 Å². The molecule has 2 aromatic carbocycles. The highest BCUT2D eigenvalue weighted by molar-refractivity contribution is 5.33. The molecule has 2 heterocycles. The normalized spacial score (nSPS) is 16.6. The van der Waals surface area contributed by atoms with Gasteiger partial charge in [-0.15, -0.1) is 10.2 Å². The van der Waals surface area contributed by atoms with E-state index in [1.807, 2.05) is 30.3 Å². The predicted octanol–water partition coefficient (Wildman–Crippen LogP) is 5.20. The van der Waals surface area contributed by atoms with Gasteiger partial charge in [-0.2, -0.15) is 26.3 Å². The van der Waals surface area contributed by atoms with Gasteiger partial charge in [0.2, 0.25) is 0 Å². The van der Waals surface area contributed by atoms with E-state index in [1.165, 1.54) is 0 Å². The minimum Gasteiger partial charge on any atom is -0.376 e. The van der Waals surface area contributed by atoms with Gasteiger partial charge in [0.25, 0.3) is 0 Å². The third-order valence-corrected chi connectivity index (χ3v) is 6.11. The van der Waals surface area contributed by atoms with Crippen LogP contribution in [-0.4, -0.2) is 34.6 Å². The quantitative estimate of drug-likeness (QED) is 0.451. The van der Waals surface area contributed by atoms with Crippen molar-refractivity contribution in [3.63, 3.8) is 0 Å². The maximum atomic E-state index is 13.2. The number of rotatable bonds is 6. The maximum absolute atomic E-state index is 13.2. The van der Waals surface area contributed by atoms with E-state index in [4.69, 9.17) is 4.74 Å². The van der Waals surface area contributed by atoms with Crippen LogP contribution in [0, 0.1) is 0 Å². The molecule has 5 nitrogen and oxygen atoms in total. The molecule has 1 aliphatic heterocycles. The number of aromatic nitrogens is 3. The summed E-state index contributed by atoms with van der Waals surface area (Å²) in [7, 11) is 0. The Morgan fingerprint density at radius 1 is 0.824 bits per heavy atom. The summed E-state index contributed by atoms with van der Waals surface area (Å²) in [6.07, 6.45) is -5.25. The van der Waals surface area contributed by atoms with Crippen molar-refractivity contribution in [1.29, 1.82) is 0 Å². The van der Waals surface area contributed by atoms with Crippen LogP contribution < -0.4 is 5.01 Å². The average molecular weight is 484 g/mol. The topological polar surface area (TPSA) is 43.2 Å². The second kappa shape index (κ2) is 9.28. The van der Waals surface area contributed by atoms with Gasteiger partial charge in [-0.1, -0.05) is 30.3 Å². The van der Waals surface area contributed by atoms with Gasteiger partial charge in [0.1, 0.15) is 12.7 Å². The largest absolute Gasteiger partial charge is 0.416 e. The van der Waals surface area contributed by atoms with Gasteiger partial charge in [-0.05, 0) is 42.2 Å². The van der Waals surface area contributed by atoms with Gasteiger partial charge in [-0.25, -0.2) is 4.68 Å². The molecule has 4 rings (SSSR count). The molecule has 0 N–H and O–H groups in total. The van der Waals surface area contributed by atoms with Crippen LogP contribution in [0.1, 0.15) is 35.1 Å². The highest BCUT2D eigenvalue weighted by Crippen LogP contribution is 2.38. The fourth-order valence-corrected chi connectivity index (χ4v) is 4.27. The lowest BCUT2D eigenvalue weighted by atomic mass is 9.73. The molecule has 0 radical (unpaired) electrons. The van der Waals surface area contributed by atoms with Crippen molar-refractivity contribution in [1.82, 2.24) is 14.9 Å². The number of nitrogens with zero attached hydrogens (tertiary/aromatic N) is 4. The van der Waals surface area contributed by atoms with Crippen molar-refractivity contribution in [2.24, 2.45) is 0 Å². The molecular formula is C23H22F6N4O. The summed E-state index contributed by atoms with van der Waals surface area (Å²) < 4.78 is 86.5. The first-order valence-corrected chi connectivity index (χ1v) is 10.6. The molecule has 11 heteroatoms. The van der Waals surface area contributed by atoms with Gasteiger partial charge < -0.3 is 9.75 Å². The van der Waals surface area contributed by atoms with E-state index < -0.39 is 28.9 Å². The molecule has 1 fully saturated rings. The van der Waals surface area contributed by atoms with Crippen molar-refractivity contribution in [3.8, 4) is 0 Å². The molecule has 1 saturated heterocycles. The number of halogens is 6. The summed E-state index contributed by atoms with van der Waals surface area (Å²) in [6.45, 7) is 1.09. The lowest BCUT2D eigenvalue weighted by Crippen LogP contribution is -2.49. The zero-order valence-electron chi connectivity index (χ0n) is 18.0. The molecule has 0 atom stereocenters. The van der Waals surface area contributed by atoms with Crippen LogP contribution >= 0.6 is 0 Å². The molecule has 0 amide bonds. The van der Waals surface area contributed by atoms with Crippen LogP contribution in [-0.2, 0) is 29.1 Å². The van der Waals surface area contributed by atoms with Crippen LogP contribution in [0.4, 0.5) is 26.3 Å². The summed E-state index contributed by atoms with van der Waals surface area (Å²) in [5.74, 6) is 0. The number of ether oxygens (including phenoxy) is 1. The van der Waals surface area contributed by atoms with Crippen molar-refractivity contribution in [3.05, 3.63) is 83.4 Å². The fourth-order valence-electron chi connectivity index (χ4n) is 4.27. The number of alkyl halides is 6. The molecular weight excluding hydrogens is 462 g/mol. The highest BCUT2D eigenvalue weighted by atomic mass is 19.4. The van der Waals surface area contributed by atoms with Gasteiger partial charge >= 0.3 is 12.4 Å². The Labute approximate surface area is 191 Å². The van der Waals surface area contributed by atoms with E-state index >= 15 is 0 Å². The van der Waals surface area contributed by atoms with Crippen LogP contribution in [0.5, 0.6) is 0 Å². The monoisotopic (exact) mass is 484 g/mol. The predicted molar refractivity (Wildman–Crippen MR) is 111 cm³/mol. The van der Waals surface area contributed by atoms with Crippen molar-refractivity contribution in [2.75, 3.05) is 24.7 Å². The maximum Gasteiger partial charge on any atom is 0.416 e.